The molecule has 0 aromatic carbocycles. The Morgan fingerprint density at radius 2 is 2.04 bits per heavy atom. The van der Waals surface area contributed by atoms with Gasteiger partial charge in [-0.1, -0.05) is 6.92 Å². The number of carbonyl (C=O) groups is 2. The summed E-state index contributed by atoms with van der Waals surface area (Å²) in [6.45, 7) is 7.38. The topological polar surface area (TPSA) is 67.9 Å². The molecule has 0 aromatic rings. The Kier molecular flexibility index (Phi) is 5.23. The lowest BCUT2D eigenvalue weighted by molar-refractivity contribution is -0.176. The van der Waals surface area contributed by atoms with E-state index >= 15 is 0 Å². The molecule has 0 aliphatic carbocycles. The maximum Gasteiger partial charge on any atom is 0.410 e. The number of rotatable bonds is 3. The first-order chi connectivity index (χ1) is 10.6. The van der Waals surface area contributed by atoms with E-state index < -0.39 is 11.3 Å². The van der Waals surface area contributed by atoms with Crippen molar-refractivity contribution < 1.29 is 19.1 Å². The summed E-state index contributed by atoms with van der Waals surface area (Å²) in [6.07, 6.45) is 4.40. The molecule has 2 rings (SSSR count). The number of esters is 1. The zero-order valence-electron chi connectivity index (χ0n) is 15.0. The van der Waals surface area contributed by atoms with Gasteiger partial charge in [-0.2, -0.15) is 0 Å². The van der Waals surface area contributed by atoms with Gasteiger partial charge in [0.15, 0.2) is 5.72 Å². The molecular weight excluding hydrogens is 296 g/mol. The van der Waals surface area contributed by atoms with Crippen molar-refractivity contribution in [2.75, 3.05) is 7.05 Å². The average Bonchev–Trinajstić information content (AvgIpc) is 2.43. The van der Waals surface area contributed by atoms with Gasteiger partial charge in [-0.05, 0) is 40.0 Å². The molecule has 0 saturated carbocycles. The minimum Gasteiger partial charge on any atom is -0.444 e. The average molecular weight is 326 g/mol. The van der Waals surface area contributed by atoms with Gasteiger partial charge in [-0.15, -0.1) is 0 Å². The largest absolute Gasteiger partial charge is 0.444 e. The van der Waals surface area contributed by atoms with E-state index in [0.29, 0.717) is 12.8 Å². The van der Waals surface area contributed by atoms with Crippen molar-refractivity contribution in [1.82, 2.24) is 10.2 Å². The lowest BCUT2D eigenvalue weighted by Crippen LogP contribution is -2.64. The van der Waals surface area contributed by atoms with E-state index in [4.69, 9.17) is 9.47 Å². The lowest BCUT2D eigenvalue weighted by Gasteiger charge is -2.50. The Morgan fingerprint density at radius 1 is 1.35 bits per heavy atom. The van der Waals surface area contributed by atoms with Crippen molar-refractivity contribution in [3.63, 3.8) is 0 Å². The maximum absolute atomic E-state index is 12.3. The number of hydrogen-bond donors (Lipinski definition) is 1. The van der Waals surface area contributed by atoms with Gasteiger partial charge in [0.25, 0.3) is 0 Å². The molecule has 2 heterocycles. The van der Waals surface area contributed by atoms with Crippen molar-refractivity contribution in [3.05, 3.63) is 0 Å². The third kappa shape index (κ3) is 4.59. The molecule has 0 unspecified atom stereocenters. The van der Waals surface area contributed by atoms with Gasteiger partial charge in [0.2, 0.25) is 0 Å². The van der Waals surface area contributed by atoms with Crippen LogP contribution in [0.5, 0.6) is 0 Å². The molecule has 2 fully saturated rings. The SMILES string of the molecule is CCC(=O)O[C@@]12CCC[C@@H](C[C@H](N(C)C(=O)OC(C)(C)C)C1)N2. The van der Waals surface area contributed by atoms with E-state index in [1.165, 1.54) is 0 Å². The summed E-state index contributed by atoms with van der Waals surface area (Å²) >= 11 is 0. The molecular formula is C17H30N2O4. The standard InChI is InChI=1S/C17H30N2O4/c1-6-14(20)22-17-9-7-8-12(18-17)10-13(11-17)19(5)15(21)23-16(2,3)4/h12-13,18H,6-11H2,1-5H3/t12-,13-,17-/m0/s1. The third-order valence-corrected chi connectivity index (χ3v) is 4.55. The number of amides is 1. The summed E-state index contributed by atoms with van der Waals surface area (Å²) in [5.41, 5.74) is -1.14. The van der Waals surface area contributed by atoms with Gasteiger partial charge < -0.3 is 14.4 Å². The molecule has 6 nitrogen and oxygen atoms in total. The van der Waals surface area contributed by atoms with Gasteiger partial charge >= 0.3 is 12.1 Å². The van der Waals surface area contributed by atoms with Crippen LogP contribution in [0, 0.1) is 0 Å². The molecule has 23 heavy (non-hydrogen) atoms. The first-order valence-electron chi connectivity index (χ1n) is 8.59. The highest BCUT2D eigenvalue weighted by Gasteiger charge is 2.47. The molecule has 1 N–H and O–H groups in total. The first-order valence-corrected chi connectivity index (χ1v) is 8.59. The Labute approximate surface area is 138 Å². The van der Waals surface area contributed by atoms with Crippen LogP contribution < -0.4 is 5.32 Å². The first kappa shape index (κ1) is 18.0. The van der Waals surface area contributed by atoms with Crippen LogP contribution in [0.25, 0.3) is 0 Å². The van der Waals surface area contributed by atoms with Crippen LogP contribution in [0.2, 0.25) is 0 Å². The maximum atomic E-state index is 12.3. The zero-order chi connectivity index (χ0) is 17.3. The minimum atomic E-state index is -0.630. The van der Waals surface area contributed by atoms with Crippen molar-refractivity contribution in [3.8, 4) is 0 Å². The van der Waals surface area contributed by atoms with Crippen molar-refractivity contribution in [1.29, 1.82) is 0 Å². The van der Waals surface area contributed by atoms with Crippen LogP contribution in [-0.2, 0) is 14.3 Å². The number of carbonyl (C=O) groups excluding carboxylic acids is 2. The monoisotopic (exact) mass is 326 g/mol. The van der Waals surface area contributed by atoms with Gasteiger partial charge in [0.1, 0.15) is 5.60 Å². The van der Waals surface area contributed by atoms with Gasteiger partial charge in [-0.25, -0.2) is 4.79 Å². The summed E-state index contributed by atoms with van der Waals surface area (Å²) in [4.78, 5) is 25.8. The van der Waals surface area contributed by atoms with Crippen LogP contribution in [-0.4, -0.2) is 47.4 Å². The summed E-state index contributed by atoms with van der Waals surface area (Å²) in [6, 6.07) is 0.290. The lowest BCUT2D eigenvalue weighted by atomic mass is 9.80. The van der Waals surface area contributed by atoms with Crippen molar-refractivity contribution >= 4 is 12.1 Å². The van der Waals surface area contributed by atoms with E-state index in [1.807, 2.05) is 20.8 Å². The van der Waals surface area contributed by atoms with Gasteiger partial charge in [-0.3, -0.25) is 10.1 Å². The molecule has 0 aromatic heterocycles. The van der Waals surface area contributed by atoms with Crippen LogP contribution in [0.4, 0.5) is 4.79 Å². The fourth-order valence-corrected chi connectivity index (χ4v) is 3.47. The minimum absolute atomic E-state index is 0.0149. The van der Waals surface area contributed by atoms with E-state index in [-0.39, 0.29) is 24.1 Å². The fourth-order valence-electron chi connectivity index (χ4n) is 3.47. The van der Waals surface area contributed by atoms with Gasteiger partial charge in [0.05, 0.1) is 0 Å². The highest BCUT2D eigenvalue weighted by molar-refractivity contribution is 5.70. The van der Waals surface area contributed by atoms with Crippen LogP contribution in [0.3, 0.4) is 0 Å². The summed E-state index contributed by atoms with van der Waals surface area (Å²) < 4.78 is 11.2. The number of ether oxygens (including phenoxy) is 2. The smallest absolute Gasteiger partial charge is 0.410 e. The third-order valence-electron chi connectivity index (χ3n) is 4.55. The molecule has 2 aliphatic heterocycles. The van der Waals surface area contributed by atoms with E-state index in [1.54, 1.807) is 18.9 Å². The fraction of sp³-hybridized carbons (Fsp3) is 0.882. The zero-order valence-corrected chi connectivity index (χ0v) is 15.0. The predicted octanol–water partition coefficient (Wildman–Crippen LogP) is 2.81. The second kappa shape index (κ2) is 6.67. The molecule has 2 bridgehead atoms. The van der Waals surface area contributed by atoms with Crippen LogP contribution in [0.1, 0.15) is 66.2 Å². The molecule has 2 aliphatic rings. The molecule has 6 heteroatoms. The summed E-state index contributed by atoms with van der Waals surface area (Å²) in [5, 5.41) is 3.48. The number of nitrogens with one attached hydrogen (secondary N) is 1. The molecule has 0 spiro atoms. The Morgan fingerprint density at radius 3 is 2.65 bits per heavy atom. The normalized spacial score (nSPS) is 30.5. The second-order valence-electron chi connectivity index (χ2n) is 7.74. The summed E-state index contributed by atoms with van der Waals surface area (Å²) in [5.74, 6) is -0.196. The molecule has 132 valence electrons. The Balaban J connectivity index is 2.08. The Bertz CT molecular complexity index is 460. The van der Waals surface area contributed by atoms with Crippen molar-refractivity contribution in [2.24, 2.45) is 0 Å². The number of fused-ring (bicyclic) bond motifs is 2. The summed E-state index contributed by atoms with van der Waals surface area (Å²) in [7, 11) is 1.77. The van der Waals surface area contributed by atoms with E-state index in [0.717, 1.165) is 25.7 Å². The Hall–Kier alpha value is -1.30. The van der Waals surface area contributed by atoms with Crippen LogP contribution >= 0.6 is 0 Å². The van der Waals surface area contributed by atoms with Crippen LogP contribution in [0.15, 0.2) is 0 Å². The molecule has 0 radical (unpaired) electrons. The quantitative estimate of drug-likeness (QED) is 0.808. The molecule has 1 amide bonds. The predicted molar refractivity (Wildman–Crippen MR) is 86.9 cm³/mol. The number of hydrogen-bond acceptors (Lipinski definition) is 5. The number of piperidine rings is 2. The number of nitrogens with zero attached hydrogens (tertiary/aromatic N) is 1. The van der Waals surface area contributed by atoms with Crippen molar-refractivity contribution in [2.45, 2.75) is 89.6 Å². The highest BCUT2D eigenvalue weighted by atomic mass is 16.6. The van der Waals surface area contributed by atoms with E-state index in [2.05, 4.69) is 5.32 Å². The highest BCUT2D eigenvalue weighted by Crippen LogP contribution is 2.37. The van der Waals surface area contributed by atoms with Gasteiger partial charge in [0, 0.05) is 38.4 Å². The second-order valence-corrected chi connectivity index (χ2v) is 7.74. The molecule has 2 saturated heterocycles. The van der Waals surface area contributed by atoms with E-state index in [9.17, 15) is 9.59 Å². The molecule has 3 atom stereocenters.